The molecule has 1 N–H and O–H groups in total. The lowest BCUT2D eigenvalue weighted by Crippen LogP contribution is -2.35. The second-order valence-electron chi connectivity index (χ2n) is 4.29. The minimum atomic E-state index is 0.501. The second-order valence-corrected chi connectivity index (χ2v) is 4.29. The van der Waals surface area contributed by atoms with Gasteiger partial charge in [-0.3, -0.25) is 4.99 Å². The molecule has 0 spiro atoms. The summed E-state index contributed by atoms with van der Waals surface area (Å²) in [6.07, 6.45) is 1.73. The van der Waals surface area contributed by atoms with E-state index >= 15 is 0 Å². The Morgan fingerprint density at radius 1 is 1.42 bits per heavy atom. The van der Waals surface area contributed by atoms with Crippen LogP contribution in [0.2, 0.25) is 0 Å². The minimum Gasteiger partial charge on any atom is -0.475 e. The molecule has 6 nitrogen and oxygen atoms in total. The molecular weight excluding hydrogens is 244 g/mol. The molecule has 0 fully saturated rings. The maximum absolute atomic E-state index is 5.59. The predicted octanol–water partition coefficient (Wildman–Crippen LogP) is 0.498. The van der Waals surface area contributed by atoms with Crippen LogP contribution in [0.15, 0.2) is 23.3 Å². The van der Waals surface area contributed by atoms with Crippen molar-refractivity contribution in [1.29, 1.82) is 0 Å². The third-order valence-electron chi connectivity index (χ3n) is 2.87. The molecule has 6 heteroatoms. The molecule has 0 saturated heterocycles. The number of hydrogen-bond acceptors (Lipinski definition) is 6. The van der Waals surface area contributed by atoms with E-state index in [0.717, 1.165) is 24.6 Å². The quantitative estimate of drug-likeness (QED) is 0.758. The van der Waals surface area contributed by atoms with E-state index in [1.807, 2.05) is 19.2 Å². The van der Waals surface area contributed by atoms with Crippen LogP contribution < -0.4 is 10.1 Å². The highest BCUT2D eigenvalue weighted by Gasteiger charge is 2.12. The van der Waals surface area contributed by atoms with Crippen LogP contribution >= 0.6 is 0 Å². The lowest BCUT2D eigenvalue weighted by molar-refractivity contribution is 0.143. The zero-order chi connectivity index (χ0) is 13.5. The molecule has 0 radical (unpaired) electrons. The summed E-state index contributed by atoms with van der Waals surface area (Å²) in [6, 6.07) is 3.90. The summed E-state index contributed by atoms with van der Waals surface area (Å²) in [6.45, 7) is 3.52. The van der Waals surface area contributed by atoms with Gasteiger partial charge < -0.3 is 19.7 Å². The molecule has 2 heterocycles. The van der Waals surface area contributed by atoms with Crippen molar-refractivity contribution in [1.82, 2.24) is 15.2 Å². The van der Waals surface area contributed by atoms with E-state index in [4.69, 9.17) is 9.47 Å². The maximum atomic E-state index is 5.59. The highest BCUT2D eigenvalue weighted by atomic mass is 16.5. The third kappa shape index (κ3) is 3.82. The van der Waals surface area contributed by atoms with Gasteiger partial charge in [-0.25, -0.2) is 4.98 Å². The van der Waals surface area contributed by atoms with Gasteiger partial charge in [0.15, 0.2) is 5.96 Å². The van der Waals surface area contributed by atoms with Crippen LogP contribution in [0.3, 0.4) is 0 Å². The van der Waals surface area contributed by atoms with Crippen molar-refractivity contribution in [3.05, 3.63) is 23.9 Å². The number of hydrogen-bond donors (Lipinski definition) is 1. The van der Waals surface area contributed by atoms with Crippen LogP contribution in [0, 0.1) is 0 Å². The normalized spacial score (nSPS) is 14.4. The van der Waals surface area contributed by atoms with Crippen molar-refractivity contribution in [3.8, 4) is 5.88 Å². The molecule has 1 aromatic heterocycles. The number of aromatic nitrogens is 1. The lowest BCUT2D eigenvalue weighted by Gasteiger charge is -2.16. The molecule has 1 aliphatic heterocycles. The van der Waals surface area contributed by atoms with Gasteiger partial charge >= 0.3 is 0 Å². The van der Waals surface area contributed by atoms with E-state index in [1.165, 1.54) is 0 Å². The van der Waals surface area contributed by atoms with E-state index in [0.29, 0.717) is 25.6 Å². The fourth-order valence-corrected chi connectivity index (χ4v) is 1.81. The van der Waals surface area contributed by atoms with E-state index in [2.05, 4.69) is 20.2 Å². The van der Waals surface area contributed by atoms with Gasteiger partial charge in [0.2, 0.25) is 5.88 Å². The number of ether oxygens (including phenoxy) is 2. The first kappa shape index (κ1) is 13.6. The van der Waals surface area contributed by atoms with Crippen LogP contribution in [0.1, 0.15) is 5.56 Å². The standard InChI is InChI=1S/C13H20N4O2/c1-17-7-6-15-13(17)16-10-11-4-3-5-14-12(11)19-9-8-18-2/h3-5H,6-10H2,1-2H3,(H,15,16). The molecule has 0 aliphatic carbocycles. The summed E-state index contributed by atoms with van der Waals surface area (Å²) < 4.78 is 10.6. The summed E-state index contributed by atoms with van der Waals surface area (Å²) in [7, 11) is 3.68. The fourth-order valence-electron chi connectivity index (χ4n) is 1.81. The number of likely N-dealkylation sites (N-methyl/N-ethyl adjacent to an activating group) is 1. The van der Waals surface area contributed by atoms with Crippen molar-refractivity contribution in [2.24, 2.45) is 4.99 Å². The largest absolute Gasteiger partial charge is 0.475 e. The van der Waals surface area contributed by atoms with Crippen molar-refractivity contribution >= 4 is 5.96 Å². The molecule has 0 bridgehead atoms. The first-order valence-corrected chi connectivity index (χ1v) is 6.36. The summed E-state index contributed by atoms with van der Waals surface area (Å²) in [5.41, 5.74) is 1.02. The van der Waals surface area contributed by atoms with Gasteiger partial charge in [-0.05, 0) is 6.07 Å². The Balaban J connectivity index is 1.91. The molecule has 1 aromatic rings. The van der Waals surface area contributed by atoms with E-state index in [-0.39, 0.29) is 0 Å². The van der Waals surface area contributed by atoms with Crippen LogP contribution in [0.4, 0.5) is 0 Å². The van der Waals surface area contributed by atoms with Crippen molar-refractivity contribution in [3.63, 3.8) is 0 Å². The highest BCUT2D eigenvalue weighted by Crippen LogP contribution is 2.14. The fraction of sp³-hybridized carbons (Fsp3) is 0.538. The SMILES string of the molecule is COCCOc1ncccc1CNC1=NCCN1C. The third-order valence-corrected chi connectivity index (χ3v) is 2.87. The Morgan fingerprint density at radius 3 is 3.05 bits per heavy atom. The van der Waals surface area contributed by atoms with Crippen LogP contribution in [-0.4, -0.2) is 56.3 Å². The van der Waals surface area contributed by atoms with Gasteiger partial charge in [0.05, 0.1) is 13.2 Å². The average molecular weight is 264 g/mol. The number of rotatable bonds is 6. The topological polar surface area (TPSA) is 59.0 Å². The number of methoxy groups -OCH3 is 1. The molecule has 0 atom stereocenters. The Morgan fingerprint density at radius 2 is 2.32 bits per heavy atom. The van der Waals surface area contributed by atoms with E-state index in [1.54, 1.807) is 13.3 Å². The first-order valence-electron chi connectivity index (χ1n) is 6.36. The Bertz CT molecular complexity index is 436. The van der Waals surface area contributed by atoms with Gasteiger partial charge in [0.1, 0.15) is 6.61 Å². The van der Waals surface area contributed by atoms with E-state index < -0.39 is 0 Å². The van der Waals surface area contributed by atoms with Gasteiger partial charge in [-0.2, -0.15) is 0 Å². The van der Waals surface area contributed by atoms with Crippen molar-refractivity contribution in [2.45, 2.75) is 6.54 Å². The number of aliphatic imine (C=N–C) groups is 1. The first-order chi connectivity index (χ1) is 9.31. The van der Waals surface area contributed by atoms with Crippen LogP contribution in [-0.2, 0) is 11.3 Å². The molecular formula is C13H20N4O2. The number of pyridine rings is 1. The Labute approximate surface area is 113 Å². The molecule has 1 aliphatic rings. The molecule has 104 valence electrons. The second kappa shape index (κ2) is 6.94. The molecule has 0 amide bonds. The average Bonchev–Trinajstić information content (AvgIpc) is 2.83. The van der Waals surface area contributed by atoms with E-state index in [9.17, 15) is 0 Å². The Hall–Kier alpha value is -1.82. The zero-order valence-corrected chi connectivity index (χ0v) is 11.4. The molecule has 0 saturated carbocycles. The number of nitrogens with one attached hydrogen (secondary N) is 1. The molecule has 2 rings (SSSR count). The minimum absolute atomic E-state index is 0.501. The zero-order valence-electron chi connectivity index (χ0n) is 11.4. The number of guanidine groups is 1. The summed E-state index contributed by atoms with van der Waals surface area (Å²) in [5, 5.41) is 3.30. The van der Waals surface area contributed by atoms with Gasteiger partial charge in [0, 0.05) is 39.0 Å². The van der Waals surface area contributed by atoms with Gasteiger partial charge in [-0.1, -0.05) is 6.07 Å². The molecule has 0 unspecified atom stereocenters. The van der Waals surface area contributed by atoms with Crippen LogP contribution in [0.5, 0.6) is 5.88 Å². The van der Waals surface area contributed by atoms with Crippen molar-refractivity contribution in [2.75, 3.05) is 40.5 Å². The molecule has 19 heavy (non-hydrogen) atoms. The van der Waals surface area contributed by atoms with Gasteiger partial charge in [-0.15, -0.1) is 0 Å². The summed E-state index contributed by atoms with van der Waals surface area (Å²) in [5.74, 6) is 1.57. The van der Waals surface area contributed by atoms with Gasteiger partial charge in [0.25, 0.3) is 0 Å². The Kier molecular flexibility index (Phi) is 4.97. The highest BCUT2D eigenvalue weighted by molar-refractivity contribution is 5.81. The predicted molar refractivity (Wildman–Crippen MR) is 73.4 cm³/mol. The van der Waals surface area contributed by atoms with Crippen molar-refractivity contribution < 1.29 is 9.47 Å². The van der Waals surface area contributed by atoms with Crippen LogP contribution in [0.25, 0.3) is 0 Å². The monoisotopic (exact) mass is 264 g/mol. The smallest absolute Gasteiger partial charge is 0.218 e. The number of nitrogens with zero attached hydrogens (tertiary/aromatic N) is 3. The summed E-state index contributed by atoms with van der Waals surface area (Å²) >= 11 is 0. The summed E-state index contributed by atoms with van der Waals surface area (Å²) in [4.78, 5) is 10.7. The maximum Gasteiger partial charge on any atom is 0.218 e. The lowest BCUT2D eigenvalue weighted by atomic mass is 10.2. The molecule has 0 aromatic carbocycles.